The molecule has 0 unspecified atom stereocenters. The molecule has 3 aromatic rings. The number of carbonyl (C=O) groups excluding carboxylic acids is 2. The number of amides is 3. The second kappa shape index (κ2) is 17.0. The molecule has 0 radical (unpaired) electrons. The summed E-state index contributed by atoms with van der Waals surface area (Å²) in [6.45, 7) is 6.09. The number of nitrogens with zero attached hydrogens (tertiary/aromatic N) is 5. The quantitative estimate of drug-likeness (QED) is 0.230. The molecular weight excluding hydrogens is 663 g/mol. The summed E-state index contributed by atoms with van der Waals surface area (Å²) in [7, 11) is -1.64. The summed E-state index contributed by atoms with van der Waals surface area (Å²) in [6, 6.07) is 17.3. The average Bonchev–Trinajstić information content (AvgIpc) is 3.62. The normalized spacial score (nSPS) is 17.1. The van der Waals surface area contributed by atoms with E-state index < -0.39 is 25.6 Å². The first kappa shape index (κ1) is 36.9. The average molecular weight is 709 g/mol. The van der Waals surface area contributed by atoms with Crippen molar-refractivity contribution in [1.29, 1.82) is 0 Å². The number of aromatic nitrogens is 2. The van der Waals surface area contributed by atoms with Crippen molar-refractivity contribution in [2.45, 2.75) is 45.0 Å². The minimum Gasteiger partial charge on any atom is -0.465 e. The summed E-state index contributed by atoms with van der Waals surface area (Å²) < 4.78 is 29.5. The summed E-state index contributed by atoms with van der Waals surface area (Å²) in [5, 5.41) is 12.3. The van der Waals surface area contributed by atoms with Crippen LogP contribution in [0.1, 0.15) is 41.9 Å². The van der Waals surface area contributed by atoms with Gasteiger partial charge in [-0.3, -0.25) is 14.2 Å². The van der Waals surface area contributed by atoms with E-state index in [2.05, 4.69) is 15.2 Å². The maximum Gasteiger partial charge on any atom is 0.407 e. The fourth-order valence-electron chi connectivity index (χ4n) is 6.09. The number of ether oxygens (including phenoxy) is 1. The molecular formula is C35H45N6O8P. The minimum absolute atomic E-state index is 0.0441. The van der Waals surface area contributed by atoms with Gasteiger partial charge in [-0.2, -0.15) is 0 Å². The van der Waals surface area contributed by atoms with Gasteiger partial charge < -0.3 is 38.9 Å². The summed E-state index contributed by atoms with van der Waals surface area (Å²) in [4.78, 5) is 53.8. The van der Waals surface area contributed by atoms with Crippen LogP contribution in [-0.2, 0) is 35.7 Å². The Morgan fingerprint density at radius 3 is 2.16 bits per heavy atom. The van der Waals surface area contributed by atoms with Crippen molar-refractivity contribution in [2.75, 3.05) is 64.5 Å². The predicted octanol–water partition coefficient (Wildman–Crippen LogP) is 4.30. The Morgan fingerprint density at radius 1 is 0.920 bits per heavy atom. The van der Waals surface area contributed by atoms with Crippen LogP contribution in [0, 0.1) is 0 Å². The van der Waals surface area contributed by atoms with Gasteiger partial charge in [-0.05, 0) is 31.4 Å². The van der Waals surface area contributed by atoms with Crippen molar-refractivity contribution in [2.24, 2.45) is 0 Å². The second-order valence-electron chi connectivity index (χ2n) is 12.1. The highest BCUT2D eigenvalue weighted by molar-refractivity contribution is 7.53. The monoisotopic (exact) mass is 708 g/mol. The number of rotatable bonds is 14. The highest BCUT2D eigenvalue weighted by atomic mass is 31.2. The number of nitrogens with one attached hydrogen (secondary N) is 1. The van der Waals surface area contributed by atoms with Gasteiger partial charge in [0.05, 0.1) is 25.5 Å². The standard InChI is InChI=1S/C35H45N6O8P/c1-4-48-50(46,49-5-2)24-26-13-11-25(12-14-26)21-30(34(43)39-17-19-40(20-18-39)35(44)45)37-33(42)29-22-31(41-16-15-28(23-41)47-3)38-32(36-29)27-9-7-6-8-10-27/h6-14,22,28,30H,4-5,15-21,23-24H2,1-3H3,(H,37,42)(H,44,45)/t28-,30-/m0/s1. The number of anilines is 1. The van der Waals surface area contributed by atoms with E-state index in [9.17, 15) is 24.1 Å². The molecule has 3 amide bonds. The van der Waals surface area contributed by atoms with E-state index >= 15 is 0 Å². The smallest absolute Gasteiger partial charge is 0.407 e. The number of carbonyl (C=O) groups is 3. The Hall–Kier alpha value is -4.36. The molecule has 2 aromatic carbocycles. The van der Waals surface area contributed by atoms with Crippen LogP contribution in [0.3, 0.4) is 0 Å². The molecule has 2 aliphatic heterocycles. The van der Waals surface area contributed by atoms with Gasteiger partial charge in [0, 0.05) is 64.4 Å². The van der Waals surface area contributed by atoms with Gasteiger partial charge in [-0.15, -0.1) is 0 Å². The van der Waals surface area contributed by atoms with E-state index in [1.54, 1.807) is 44.1 Å². The molecule has 14 nitrogen and oxygen atoms in total. The predicted molar refractivity (Wildman–Crippen MR) is 187 cm³/mol. The molecule has 0 spiro atoms. The zero-order chi connectivity index (χ0) is 35.7. The highest BCUT2D eigenvalue weighted by Gasteiger charge is 2.32. The first-order chi connectivity index (χ1) is 24.1. The van der Waals surface area contributed by atoms with Gasteiger partial charge >= 0.3 is 13.7 Å². The Balaban J connectivity index is 1.41. The van der Waals surface area contributed by atoms with E-state index in [0.717, 1.165) is 23.1 Å². The van der Waals surface area contributed by atoms with Crippen LogP contribution >= 0.6 is 7.60 Å². The second-order valence-corrected chi connectivity index (χ2v) is 14.2. The van der Waals surface area contributed by atoms with E-state index in [0.29, 0.717) is 24.7 Å². The number of carboxylic acid groups (broad SMARTS) is 1. The fraction of sp³-hybridized carbons (Fsp3) is 0.457. The molecule has 2 aliphatic rings. The summed E-state index contributed by atoms with van der Waals surface area (Å²) >= 11 is 0. The Bertz CT molecular complexity index is 1660. The number of hydrogen-bond donors (Lipinski definition) is 2. The van der Waals surface area contributed by atoms with Gasteiger partial charge in [0.25, 0.3) is 5.91 Å². The highest BCUT2D eigenvalue weighted by Crippen LogP contribution is 2.51. The maximum absolute atomic E-state index is 14.0. The van der Waals surface area contributed by atoms with E-state index in [1.165, 1.54) is 4.90 Å². The van der Waals surface area contributed by atoms with Gasteiger partial charge in [-0.25, -0.2) is 14.8 Å². The van der Waals surface area contributed by atoms with Crippen LogP contribution in [-0.4, -0.2) is 115 Å². The molecule has 2 saturated heterocycles. The van der Waals surface area contributed by atoms with E-state index in [1.807, 2.05) is 42.5 Å². The van der Waals surface area contributed by atoms with Crippen molar-refractivity contribution >= 4 is 31.3 Å². The topological polar surface area (TPSA) is 164 Å². The third-order valence-electron chi connectivity index (χ3n) is 8.74. The van der Waals surface area contributed by atoms with Crippen molar-refractivity contribution in [1.82, 2.24) is 25.1 Å². The van der Waals surface area contributed by atoms with Crippen LogP contribution in [0.4, 0.5) is 10.6 Å². The first-order valence-corrected chi connectivity index (χ1v) is 18.6. The molecule has 2 atom stereocenters. The van der Waals surface area contributed by atoms with E-state index in [4.69, 9.17) is 18.8 Å². The number of benzene rings is 2. The van der Waals surface area contributed by atoms with Crippen molar-refractivity contribution in [3.8, 4) is 11.4 Å². The Kier molecular flexibility index (Phi) is 12.6. The summed E-state index contributed by atoms with van der Waals surface area (Å²) in [6.07, 6.45) is 0.0850. The molecule has 3 heterocycles. The molecule has 50 heavy (non-hydrogen) atoms. The fourth-order valence-corrected chi connectivity index (χ4v) is 7.79. The number of methoxy groups -OCH3 is 1. The lowest BCUT2D eigenvalue weighted by molar-refractivity contribution is -0.134. The minimum atomic E-state index is -3.31. The molecule has 0 aliphatic carbocycles. The Labute approximate surface area is 292 Å². The lowest BCUT2D eigenvalue weighted by Gasteiger charge is -2.35. The van der Waals surface area contributed by atoms with Crippen LogP contribution in [0.5, 0.6) is 0 Å². The molecule has 1 aromatic heterocycles. The van der Waals surface area contributed by atoms with Gasteiger partial charge in [0.1, 0.15) is 17.6 Å². The third kappa shape index (κ3) is 9.45. The van der Waals surface area contributed by atoms with Crippen LogP contribution in [0.2, 0.25) is 0 Å². The van der Waals surface area contributed by atoms with Gasteiger partial charge in [-0.1, -0.05) is 54.6 Å². The van der Waals surface area contributed by atoms with E-state index in [-0.39, 0.29) is 69.7 Å². The van der Waals surface area contributed by atoms with Crippen molar-refractivity contribution < 1.29 is 37.8 Å². The molecule has 268 valence electrons. The zero-order valence-electron chi connectivity index (χ0n) is 28.7. The number of hydrogen-bond acceptors (Lipinski definition) is 10. The summed E-state index contributed by atoms with van der Waals surface area (Å²) in [5.41, 5.74) is 2.36. The molecule has 5 rings (SSSR count). The van der Waals surface area contributed by atoms with Crippen molar-refractivity contribution in [3.05, 3.63) is 77.5 Å². The van der Waals surface area contributed by atoms with Crippen LogP contribution < -0.4 is 10.2 Å². The largest absolute Gasteiger partial charge is 0.465 e. The van der Waals surface area contributed by atoms with Crippen molar-refractivity contribution in [3.63, 3.8) is 0 Å². The molecule has 0 saturated carbocycles. The lowest BCUT2D eigenvalue weighted by Crippen LogP contribution is -2.56. The van der Waals surface area contributed by atoms with Crippen LogP contribution in [0.25, 0.3) is 11.4 Å². The molecule has 2 N–H and O–H groups in total. The first-order valence-electron chi connectivity index (χ1n) is 16.9. The molecule has 15 heteroatoms. The Morgan fingerprint density at radius 2 is 1.56 bits per heavy atom. The molecule has 2 fully saturated rings. The summed E-state index contributed by atoms with van der Waals surface area (Å²) in [5.74, 6) is 0.100. The molecule has 0 bridgehead atoms. The third-order valence-corrected chi connectivity index (χ3v) is 10.8. The van der Waals surface area contributed by atoms with Gasteiger partial charge in [0.2, 0.25) is 5.91 Å². The maximum atomic E-state index is 14.0. The number of piperazine rings is 1. The zero-order valence-corrected chi connectivity index (χ0v) is 29.6. The van der Waals surface area contributed by atoms with Crippen LogP contribution in [0.15, 0.2) is 60.7 Å². The lowest BCUT2D eigenvalue weighted by atomic mass is 10.0. The van der Waals surface area contributed by atoms with Gasteiger partial charge in [0.15, 0.2) is 5.82 Å². The SMILES string of the molecule is CCOP(=O)(Cc1ccc(C[C@H](NC(=O)c2cc(N3CC[C@H](OC)C3)nc(-c3ccccc3)n2)C(=O)N2CCN(C(=O)O)CC2)cc1)OCC.